The van der Waals surface area contributed by atoms with Crippen LogP contribution in [0.15, 0.2) is 49.6 Å². The summed E-state index contributed by atoms with van der Waals surface area (Å²) in [4.78, 5) is 47.2. The molecule has 3 aliphatic rings. The van der Waals surface area contributed by atoms with Gasteiger partial charge in [0.25, 0.3) is 5.91 Å². The van der Waals surface area contributed by atoms with Gasteiger partial charge in [-0.2, -0.15) is 0 Å². The molecule has 2 bridgehead atoms. The second-order valence-electron chi connectivity index (χ2n) is 10.1. The van der Waals surface area contributed by atoms with Crippen molar-refractivity contribution in [3.63, 3.8) is 0 Å². The van der Waals surface area contributed by atoms with Gasteiger partial charge in [0.15, 0.2) is 0 Å². The number of fused-ring (bicyclic) bond motifs is 1. The monoisotopic (exact) mass is 545 g/mol. The van der Waals surface area contributed by atoms with Gasteiger partial charge in [0, 0.05) is 31.4 Å². The van der Waals surface area contributed by atoms with Crippen molar-refractivity contribution < 1.29 is 19.5 Å². The second-order valence-corrected chi connectivity index (χ2v) is 12.0. The number of benzene rings is 1. The van der Waals surface area contributed by atoms with E-state index in [0.717, 1.165) is 12.8 Å². The summed E-state index contributed by atoms with van der Waals surface area (Å²) >= 11 is 8.12. The van der Waals surface area contributed by atoms with Crippen molar-refractivity contribution in [3.8, 4) is 0 Å². The molecule has 1 spiro atoms. The molecular formula is C28H36ClN3O4S. The highest BCUT2D eigenvalue weighted by atomic mass is 35.5. The van der Waals surface area contributed by atoms with Crippen molar-refractivity contribution in [3.05, 3.63) is 54.6 Å². The summed E-state index contributed by atoms with van der Waals surface area (Å²) in [6, 6.07) is 6.29. The van der Waals surface area contributed by atoms with Crippen LogP contribution >= 0.6 is 23.4 Å². The van der Waals surface area contributed by atoms with Crippen LogP contribution in [0.5, 0.6) is 0 Å². The number of halogens is 1. The van der Waals surface area contributed by atoms with Crippen molar-refractivity contribution in [2.45, 2.75) is 42.7 Å². The van der Waals surface area contributed by atoms with E-state index in [-0.39, 0.29) is 48.6 Å². The Morgan fingerprint density at radius 3 is 2.57 bits per heavy atom. The van der Waals surface area contributed by atoms with Crippen molar-refractivity contribution in [2.24, 2.45) is 17.8 Å². The molecule has 3 aliphatic heterocycles. The van der Waals surface area contributed by atoms with Gasteiger partial charge in [-0.05, 0) is 30.9 Å². The van der Waals surface area contributed by atoms with Crippen LogP contribution in [0, 0.1) is 17.8 Å². The number of anilines is 1. The SMILES string of the molecule is C=CCN(CCC)C(=O)[C@@H]1[C@H]2C(=O)N(CCO)C(C(=O)N(CC=C)c3ccccc3Cl)C23S[C@@H]1CC3C. The van der Waals surface area contributed by atoms with E-state index < -0.39 is 22.6 Å². The van der Waals surface area contributed by atoms with Crippen molar-refractivity contribution in [1.82, 2.24) is 9.80 Å². The predicted octanol–water partition coefficient (Wildman–Crippen LogP) is 3.61. The smallest absolute Gasteiger partial charge is 0.251 e. The van der Waals surface area contributed by atoms with Crippen LogP contribution in [0.2, 0.25) is 5.02 Å². The number of aliphatic hydroxyl groups excluding tert-OH is 1. The lowest BCUT2D eigenvalue weighted by Gasteiger charge is -2.41. The van der Waals surface area contributed by atoms with Gasteiger partial charge < -0.3 is 19.8 Å². The number of hydrogen-bond donors (Lipinski definition) is 1. The fourth-order valence-corrected chi connectivity index (χ4v) is 9.26. The molecule has 4 rings (SSSR count). The van der Waals surface area contributed by atoms with E-state index in [2.05, 4.69) is 20.1 Å². The van der Waals surface area contributed by atoms with Gasteiger partial charge >= 0.3 is 0 Å². The maximum Gasteiger partial charge on any atom is 0.251 e. The Labute approximate surface area is 228 Å². The normalized spacial score (nSPS) is 29.8. The molecule has 3 amide bonds. The molecule has 1 aromatic rings. The Morgan fingerprint density at radius 1 is 1.24 bits per heavy atom. The molecule has 3 saturated heterocycles. The Bertz CT molecular complexity index is 1080. The number of carbonyl (C=O) groups is 3. The zero-order chi connectivity index (χ0) is 26.9. The molecule has 3 unspecified atom stereocenters. The molecule has 0 aromatic heterocycles. The highest BCUT2D eigenvalue weighted by Crippen LogP contribution is 2.69. The third-order valence-electron chi connectivity index (χ3n) is 7.98. The molecule has 7 nitrogen and oxygen atoms in total. The number of carbonyl (C=O) groups excluding carboxylic acids is 3. The Morgan fingerprint density at radius 2 is 1.95 bits per heavy atom. The number of thioether (sulfide) groups is 1. The molecule has 3 fully saturated rings. The van der Waals surface area contributed by atoms with E-state index in [1.165, 1.54) is 4.90 Å². The van der Waals surface area contributed by atoms with E-state index in [1.807, 2.05) is 13.0 Å². The lowest BCUT2D eigenvalue weighted by molar-refractivity contribution is -0.144. The number of likely N-dealkylation sites (tertiary alicyclic amines) is 1. The molecule has 3 heterocycles. The Hall–Kier alpha value is -2.29. The van der Waals surface area contributed by atoms with Gasteiger partial charge in [-0.15, -0.1) is 24.9 Å². The van der Waals surface area contributed by atoms with E-state index in [0.29, 0.717) is 23.8 Å². The van der Waals surface area contributed by atoms with E-state index >= 15 is 0 Å². The molecule has 0 saturated carbocycles. The first-order chi connectivity index (χ1) is 17.8. The first-order valence-corrected chi connectivity index (χ1v) is 14.2. The summed E-state index contributed by atoms with van der Waals surface area (Å²) in [5.74, 6) is -1.62. The second kappa shape index (κ2) is 11.2. The van der Waals surface area contributed by atoms with Gasteiger partial charge in [0.1, 0.15) is 6.04 Å². The van der Waals surface area contributed by atoms with E-state index in [4.69, 9.17) is 11.6 Å². The summed E-state index contributed by atoms with van der Waals surface area (Å²) in [5, 5.41) is 10.3. The standard InChI is InChI=1S/C28H36ClN3O4S/c1-5-12-30(13-6-2)25(34)22-21-17-18(4)28(37-21)23(22)26(35)32(15-16-33)24(28)27(36)31(14-7-3)20-11-9-8-10-19(20)29/h5,7-11,18,21-24,33H,1,3,6,12-17H2,2,4H3/t18?,21-,22+,23+,24?,28?/m1/s1. The third kappa shape index (κ3) is 4.41. The summed E-state index contributed by atoms with van der Waals surface area (Å²) in [7, 11) is 0. The summed E-state index contributed by atoms with van der Waals surface area (Å²) in [6.45, 7) is 12.7. The minimum absolute atomic E-state index is 0.0299. The first-order valence-electron chi connectivity index (χ1n) is 12.9. The molecule has 37 heavy (non-hydrogen) atoms. The fraction of sp³-hybridized carbons (Fsp3) is 0.536. The fourth-order valence-electron chi connectivity index (χ4n) is 6.61. The third-order valence-corrected chi connectivity index (χ3v) is 10.4. The molecule has 9 heteroatoms. The maximum absolute atomic E-state index is 14.4. The van der Waals surface area contributed by atoms with Crippen molar-refractivity contribution >= 4 is 46.8 Å². The highest BCUT2D eigenvalue weighted by molar-refractivity contribution is 8.02. The first kappa shape index (κ1) is 27.7. The lowest BCUT2D eigenvalue weighted by Crippen LogP contribution is -2.58. The number of rotatable bonds is 11. The van der Waals surface area contributed by atoms with E-state index in [1.54, 1.807) is 51.9 Å². The van der Waals surface area contributed by atoms with Crippen LogP contribution in [0.1, 0.15) is 26.7 Å². The lowest BCUT2D eigenvalue weighted by atomic mass is 9.65. The molecule has 1 aromatic carbocycles. The predicted molar refractivity (Wildman–Crippen MR) is 149 cm³/mol. The largest absolute Gasteiger partial charge is 0.395 e. The summed E-state index contributed by atoms with van der Waals surface area (Å²) < 4.78 is -0.763. The van der Waals surface area contributed by atoms with Crippen molar-refractivity contribution in [1.29, 1.82) is 0 Å². The van der Waals surface area contributed by atoms with E-state index in [9.17, 15) is 19.5 Å². The molecule has 0 aliphatic carbocycles. The average molecular weight is 546 g/mol. The average Bonchev–Trinajstić information content (AvgIpc) is 3.46. The zero-order valence-electron chi connectivity index (χ0n) is 21.5. The van der Waals surface area contributed by atoms with Gasteiger partial charge in [0.2, 0.25) is 11.8 Å². The summed E-state index contributed by atoms with van der Waals surface area (Å²) in [5.41, 5.74) is 0.545. The van der Waals surface area contributed by atoms with Crippen LogP contribution in [0.4, 0.5) is 5.69 Å². The van der Waals surface area contributed by atoms with Gasteiger partial charge in [-0.3, -0.25) is 14.4 Å². The number of para-hydroxylation sites is 1. The quantitative estimate of drug-likeness (QED) is 0.430. The molecule has 200 valence electrons. The minimum atomic E-state index is -0.824. The molecule has 1 N–H and O–H groups in total. The van der Waals surface area contributed by atoms with Crippen LogP contribution in [0.3, 0.4) is 0 Å². The number of hydrogen-bond acceptors (Lipinski definition) is 5. The van der Waals surface area contributed by atoms with Crippen LogP contribution in [-0.2, 0) is 14.4 Å². The van der Waals surface area contributed by atoms with Crippen LogP contribution < -0.4 is 4.90 Å². The van der Waals surface area contributed by atoms with Crippen LogP contribution in [-0.4, -0.2) is 81.5 Å². The Balaban J connectivity index is 1.80. The zero-order valence-corrected chi connectivity index (χ0v) is 23.1. The number of amides is 3. The highest BCUT2D eigenvalue weighted by Gasteiger charge is 2.76. The van der Waals surface area contributed by atoms with Crippen molar-refractivity contribution in [2.75, 3.05) is 37.7 Å². The molecular weight excluding hydrogens is 510 g/mol. The van der Waals surface area contributed by atoms with Gasteiger partial charge in [-0.1, -0.05) is 49.7 Å². The topological polar surface area (TPSA) is 81.2 Å². The van der Waals surface area contributed by atoms with Crippen LogP contribution in [0.25, 0.3) is 0 Å². The number of β-amino-alcohol motifs (C(OH)–C–C–N with tert-alkyl or cyclic N) is 1. The minimum Gasteiger partial charge on any atom is -0.395 e. The number of nitrogens with zero attached hydrogens (tertiary/aromatic N) is 3. The number of aliphatic hydroxyl groups is 1. The Kier molecular flexibility index (Phi) is 8.41. The maximum atomic E-state index is 14.4. The molecule has 0 radical (unpaired) electrons. The summed E-state index contributed by atoms with van der Waals surface area (Å²) in [6.07, 6.45) is 4.90. The van der Waals surface area contributed by atoms with Gasteiger partial charge in [0.05, 0.1) is 33.9 Å². The van der Waals surface area contributed by atoms with Gasteiger partial charge in [-0.25, -0.2) is 0 Å². The molecule has 6 atom stereocenters.